The number of fused-ring (bicyclic) bond motifs is 1. The number of thioether (sulfide) groups is 1. The molecule has 7 nitrogen and oxygen atoms in total. The number of likely N-dealkylation sites (tertiary alicyclic amines) is 1. The molecular formula is C28H34ClN3O4S. The van der Waals surface area contributed by atoms with E-state index in [4.69, 9.17) is 16.3 Å². The molecule has 1 aliphatic rings. The number of carboxylic acid groups (broad SMARTS) is 1. The van der Waals surface area contributed by atoms with Crippen molar-refractivity contribution in [2.75, 3.05) is 32.5 Å². The highest BCUT2D eigenvalue weighted by Gasteiger charge is 2.37. The lowest BCUT2D eigenvalue weighted by molar-refractivity contribution is -0.141. The molecule has 0 radical (unpaired) electrons. The molecule has 1 atom stereocenters. The Bertz CT molecular complexity index is 1190. The molecule has 198 valence electrons. The minimum atomic E-state index is -0.822. The Morgan fingerprint density at radius 3 is 2.76 bits per heavy atom. The van der Waals surface area contributed by atoms with Crippen molar-refractivity contribution in [3.05, 3.63) is 59.4 Å². The Morgan fingerprint density at radius 2 is 2.05 bits per heavy atom. The molecule has 0 saturated carbocycles. The van der Waals surface area contributed by atoms with Gasteiger partial charge in [-0.3, -0.25) is 9.78 Å². The van der Waals surface area contributed by atoms with E-state index in [0.717, 1.165) is 60.6 Å². The van der Waals surface area contributed by atoms with E-state index < -0.39 is 12.1 Å². The number of methoxy groups -OCH3 is 1. The molecule has 0 spiro atoms. The standard InChI is InChI=1S/C28H34ClN3O4S/c1-36-20-6-7-23-21(17-20)27(22(29)19-31-23)24(33)8-9-28(18-26(34)35)10-14-32(15-11-28)13-4-16-37-25-5-2-3-12-30-25/h2-3,5-7,12,17,19,24,33H,4,8-11,13-16,18H2,1H3,(H,34,35). The first-order chi connectivity index (χ1) is 17.9. The normalized spacial score (nSPS) is 16.5. The smallest absolute Gasteiger partial charge is 0.303 e. The lowest BCUT2D eigenvalue weighted by Crippen LogP contribution is -2.41. The summed E-state index contributed by atoms with van der Waals surface area (Å²) in [6.07, 6.45) is 6.39. The van der Waals surface area contributed by atoms with Crippen LogP contribution in [0.4, 0.5) is 0 Å². The summed E-state index contributed by atoms with van der Waals surface area (Å²) in [7, 11) is 1.59. The molecule has 1 fully saturated rings. The predicted molar refractivity (Wildman–Crippen MR) is 147 cm³/mol. The minimum Gasteiger partial charge on any atom is -0.497 e. The highest BCUT2D eigenvalue weighted by molar-refractivity contribution is 7.99. The SMILES string of the molecule is COc1ccc2ncc(Cl)c(C(O)CCC3(CC(=O)O)CCN(CCCSc4ccccn4)CC3)c2c1. The Balaban J connectivity index is 1.35. The van der Waals surface area contributed by atoms with Crippen molar-refractivity contribution in [3.8, 4) is 5.75 Å². The first-order valence-electron chi connectivity index (χ1n) is 12.7. The Kier molecular flexibility index (Phi) is 9.65. The topological polar surface area (TPSA) is 95.8 Å². The zero-order chi connectivity index (χ0) is 26.3. The third-order valence-corrected chi connectivity index (χ3v) is 8.63. The number of aliphatic hydroxyl groups is 1. The van der Waals surface area contributed by atoms with E-state index >= 15 is 0 Å². The van der Waals surface area contributed by atoms with Crippen molar-refractivity contribution in [1.82, 2.24) is 14.9 Å². The molecule has 0 aliphatic carbocycles. The summed E-state index contributed by atoms with van der Waals surface area (Å²) in [6, 6.07) is 11.5. The third kappa shape index (κ3) is 7.35. The molecule has 1 saturated heterocycles. The van der Waals surface area contributed by atoms with Crippen molar-refractivity contribution < 1.29 is 19.7 Å². The lowest BCUT2D eigenvalue weighted by Gasteiger charge is -2.41. The van der Waals surface area contributed by atoms with Crippen LogP contribution in [0.3, 0.4) is 0 Å². The maximum atomic E-state index is 11.8. The van der Waals surface area contributed by atoms with Gasteiger partial charge in [0.2, 0.25) is 0 Å². The number of carboxylic acids is 1. The molecular weight excluding hydrogens is 510 g/mol. The predicted octanol–water partition coefficient (Wildman–Crippen LogP) is 5.84. The number of hydrogen-bond acceptors (Lipinski definition) is 7. The van der Waals surface area contributed by atoms with Crippen LogP contribution < -0.4 is 4.74 Å². The van der Waals surface area contributed by atoms with E-state index in [1.54, 1.807) is 25.1 Å². The van der Waals surface area contributed by atoms with Crippen molar-refractivity contribution in [2.45, 2.75) is 49.7 Å². The zero-order valence-electron chi connectivity index (χ0n) is 21.1. The second kappa shape index (κ2) is 12.9. The van der Waals surface area contributed by atoms with Crippen LogP contribution in [-0.4, -0.2) is 63.5 Å². The molecule has 0 bridgehead atoms. The molecule has 3 heterocycles. The van der Waals surface area contributed by atoms with Gasteiger partial charge in [0.15, 0.2) is 0 Å². The fourth-order valence-electron chi connectivity index (χ4n) is 5.21. The number of piperidine rings is 1. The first kappa shape index (κ1) is 27.6. The average Bonchev–Trinajstić information content (AvgIpc) is 2.90. The van der Waals surface area contributed by atoms with Gasteiger partial charge in [-0.15, -0.1) is 11.8 Å². The number of rotatable bonds is 12. The summed E-state index contributed by atoms with van der Waals surface area (Å²) < 4.78 is 5.35. The van der Waals surface area contributed by atoms with Gasteiger partial charge in [-0.1, -0.05) is 17.7 Å². The van der Waals surface area contributed by atoms with Crippen LogP contribution in [0.2, 0.25) is 5.02 Å². The van der Waals surface area contributed by atoms with E-state index in [1.165, 1.54) is 0 Å². The summed E-state index contributed by atoms with van der Waals surface area (Å²) in [5.74, 6) is 0.885. The van der Waals surface area contributed by atoms with Crippen molar-refractivity contribution in [3.63, 3.8) is 0 Å². The quantitative estimate of drug-likeness (QED) is 0.217. The zero-order valence-corrected chi connectivity index (χ0v) is 22.7. The van der Waals surface area contributed by atoms with Gasteiger partial charge in [0.1, 0.15) is 5.75 Å². The van der Waals surface area contributed by atoms with Crippen LogP contribution in [0.15, 0.2) is 53.8 Å². The Labute approximate surface area is 227 Å². The molecule has 1 unspecified atom stereocenters. The lowest BCUT2D eigenvalue weighted by atomic mass is 9.71. The molecule has 9 heteroatoms. The number of benzene rings is 1. The second-order valence-electron chi connectivity index (χ2n) is 9.74. The van der Waals surface area contributed by atoms with Crippen molar-refractivity contribution in [2.24, 2.45) is 5.41 Å². The number of ether oxygens (including phenoxy) is 1. The van der Waals surface area contributed by atoms with Gasteiger partial charge in [0.25, 0.3) is 0 Å². The maximum Gasteiger partial charge on any atom is 0.303 e. The Morgan fingerprint density at radius 1 is 1.24 bits per heavy atom. The molecule has 1 aliphatic heterocycles. The third-order valence-electron chi connectivity index (χ3n) is 7.30. The molecule has 0 amide bonds. The van der Waals surface area contributed by atoms with E-state index in [1.807, 2.05) is 42.6 Å². The molecule has 2 aromatic heterocycles. The number of aliphatic hydroxyl groups excluding tert-OH is 1. The number of halogens is 1. The van der Waals surface area contributed by atoms with Gasteiger partial charge in [-0.2, -0.15) is 0 Å². The maximum absolute atomic E-state index is 11.8. The number of carbonyl (C=O) groups is 1. The van der Waals surface area contributed by atoms with Crippen molar-refractivity contribution >= 4 is 40.2 Å². The number of hydrogen-bond donors (Lipinski definition) is 2. The van der Waals surface area contributed by atoms with E-state index in [9.17, 15) is 15.0 Å². The largest absolute Gasteiger partial charge is 0.497 e. The van der Waals surface area contributed by atoms with Crippen LogP contribution in [0.25, 0.3) is 10.9 Å². The van der Waals surface area contributed by atoms with E-state index in [0.29, 0.717) is 29.2 Å². The molecule has 3 aromatic rings. The Hall–Kier alpha value is -2.39. The monoisotopic (exact) mass is 543 g/mol. The average molecular weight is 544 g/mol. The molecule has 1 aromatic carbocycles. The fourth-order valence-corrected chi connectivity index (χ4v) is 6.27. The summed E-state index contributed by atoms with van der Waals surface area (Å²) >= 11 is 8.25. The van der Waals surface area contributed by atoms with Gasteiger partial charge >= 0.3 is 5.97 Å². The minimum absolute atomic E-state index is 0.113. The number of aromatic nitrogens is 2. The second-order valence-corrected chi connectivity index (χ2v) is 11.3. The summed E-state index contributed by atoms with van der Waals surface area (Å²) in [6.45, 7) is 2.73. The van der Waals surface area contributed by atoms with Crippen LogP contribution in [-0.2, 0) is 4.79 Å². The number of aliphatic carboxylic acids is 1. The highest BCUT2D eigenvalue weighted by Crippen LogP contribution is 2.43. The van der Waals surface area contributed by atoms with Crippen LogP contribution in [0, 0.1) is 5.41 Å². The fraction of sp³-hybridized carbons (Fsp3) is 0.464. The van der Waals surface area contributed by atoms with Gasteiger partial charge in [0.05, 0.1) is 35.2 Å². The van der Waals surface area contributed by atoms with Crippen LogP contribution >= 0.6 is 23.4 Å². The summed E-state index contributed by atoms with van der Waals surface area (Å²) in [5, 5.41) is 23.1. The first-order valence-corrected chi connectivity index (χ1v) is 14.0. The summed E-state index contributed by atoms with van der Waals surface area (Å²) in [4.78, 5) is 22.9. The highest BCUT2D eigenvalue weighted by atomic mass is 35.5. The number of nitrogens with zero attached hydrogens (tertiary/aromatic N) is 3. The van der Waals surface area contributed by atoms with Crippen LogP contribution in [0.1, 0.15) is 50.2 Å². The molecule has 37 heavy (non-hydrogen) atoms. The number of pyridine rings is 2. The van der Waals surface area contributed by atoms with Crippen molar-refractivity contribution in [1.29, 1.82) is 0 Å². The van der Waals surface area contributed by atoms with Gasteiger partial charge in [0, 0.05) is 29.1 Å². The molecule has 2 N–H and O–H groups in total. The van der Waals surface area contributed by atoms with Gasteiger partial charge in [-0.05, 0) is 87.5 Å². The van der Waals surface area contributed by atoms with Crippen LogP contribution in [0.5, 0.6) is 5.75 Å². The molecule has 4 rings (SSSR count). The van der Waals surface area contributed by atoms with Gasteiger partial charge < -0.3 is 19.8 Å². The van der Waals surface area contributed by atoms with E-state index in [2.05, 4.69) is 14.9 Å². The van der Waals surface area contributed by atoms with Gasteiger partial charge in [-0.25, -0.2) is 4.98 Å². The summed E-state index contributed by atoms with van der Waals surface area (Å²) in [5.41, 5.74) is 1.02. The van der Waals surface area contributed by atoms with E-state index in [-0.39, 0.29) is 11.8 Å².